The van der Waals surface area contributed by atoms with Crippen molar-refractivity contribution in [1.29, 1.82) is 0 Å². The molecule has 2 aromatic carbocycles. The lowest BCUT2D eigenvalue weighted by atomic mass is 10.1. The number of rotatable bonds is 5. The average Bonchev–Trinajstić information content (AvgIpc) is 2.97. The molecule has 26 heavy (non-hydrogen) atoms. The Kier molecular flexibility index (Phi) is 5.58. The molecular weight excluding hydrogens is 375 g/mol. The molecule has 134 valence electrons. The molecule has 0 bridgehead atoms. The molecule has 0 atom stereocenters. The van der Waals surface area contributed by atoms with Crippen molar-refractivity contribution < 1.29 is 9.18 Å². The molecule has 5 nitrogen and oxygen atoms in total. The topological polar surface area (TPSA) is 59.8 Å². The Balaban J connectivity index is 1.64. The van der Waals surface area contributed by atoms with Crippen molar-refractivity contribution in [2.24, 2.45) is 7.05 Å². The van der Waals surface area contributed by atoms with E-state index in [1.807, 2.05) is 42.8 Å². The van der Waals surface area contributed by atoms with E-state index in [0.717, 1.165) is 23.0 Å². The van der Waals surface area contributed by atoms with Gasteiger partial charge in [-0.15, -0.1) is 10.2 Å². The Labute approximate surface area is 159 Å². The Morgan fingerprint density at radius 1 is 1.23 bits per heavy atom. The normalized spacial score (nSPS) is 10.8. The fraction of sp³-hybridized carbons (Fsp3) is 0.167. The van der Waals surface area contributed by atoms with Gasteiger partial charge in [0, 0.05) is 17.6 Å². The van der Waals surface area contributed by atoms with E-state index in [1.165, 1.54) is 23.9 Å². The maximum Gasteiger partial charge on any atom is 0.234 e. The summed E-state index contributed by atoms with van der Waals surface area (Å²) in [4.78, 5) is 12.1. The van der Waals surface area contributed by atoms with Gasteiger partial charge in [0.2, 0.25) is 5.91 Å². The zero-order chi connectivity index (χ0) is 18.7. The third-order valence-electron chi connectivity index (χ3n) is 3.68. The molecule has 0 radical (unpaired) electrons. The molecule has 0 aliphatic heterocycles. The summed E-state index contributed by atoms with van der Waals surface area (Å²) >= 11 is 6.93. The second-order valence-electron chi connectivity index (χ2n) is 5.69. The fourth-order valence-electron chi connectivity index (χ4n) is 2.30. The van der Waals surface area contributed by atoms with Gasteiger partial charge in [-0.3, -0.25) is 4.79 Å². The molecule has 0 aliphatic carbocycles. The van der Waals surface area contributed by atoms with Crippen LogP contribution in [0.4, 0.5) is 10.1 Å². The molecule has 0 fully saturated rings. The first kappa shape index (κ1) is 18.4. The lowest BCUT2D eigenvalue weighted by Gasteiger charge is -2.07. The first-order chi connectivity index (χ1) is 12.4. The fourth-order valence-corrected chi connectivity index (χ4v) is 3.17. The van der Waals surface area contributed by atoms with Crippen molar-refractivity contribution in [2.75, 3.05) is 11.1 Å². The van der Waals surface area contributed by atoms with Crippen molar-refractivity contribution in [1.82, 2.24) is 14.8 Å². The molecule has 1 N–H and O–H groups in total. The van der Waals surface area contributed by atoms with Crippen LogP contribution in [-0.4, -0.2) is 26.4 Å². The summed E-state index contributed by atoms with van der Waals surface area (Å²) in [5.41, 5.74) is 2.21. The van der Waals surface area contributed by atoms with Crippen LogP contribution in [0.5, 0.6) is 0 Å². The highest BCUT2D eigenvalue weighted by Gasteiger charge is 2.14. The number of amides is 1. The summed E-state index contributed by atoms with van der Waals surface area (Å²) in [5, 5.41) is 11.7. The van der Waals surface area contributed by atoms with Gasteiger partial charge in [0.1, 0.15) is 5.82 Å². The molecular formula is C18H16ClFN4OS. The van der Waals surface area contributed by atoms with E-state index >= 15 is 0 Å². The zero-order valence-electron chi connectivity index (χ0n) is 14.2. The maximum atomic E-state index is 13.7. The number of aryl methyl sites for hydroxylation is 1. The molecule has 8 heteroatoms. The molecule has 3 aromatic rings. The molecule has 0 unspecified atom stereocenters. The Bertz CT molecular complexity index is 943. The number of carbonyl (C=O) groups is 1. The van der Waals surface area contributed by atoms with Gasteiger partial charge in [-0.1, -0.05) is 53.2 Å². The van der Waals surface area contributed by atoms with Crippen LogP contribution in [0.1, 0.15) is 5.56 Å². The second-order valence-corrected chi connectivity index (χ2v) is 7.07. The van der Waals surface area contributed by atoms with E-state index in [0.29, 0.717) is 5.16 Å². The number of hydrogen-bond acceptors (Lipinski definition) is 4. The predicted octanol–water partition coefficient (Wildman–Crippen LogP) is 4.31. The first-order valence-corrected chi connectivity index (χ1v) is 9.14. The summed E-state index contributed by atoms with van der Waals surface area (Å²) in [6.07, 6.45) is 0. The summed E-state index contributed by atoms with van der Waals surface area (Å²) in [6, 6.07) is 12.1. The number of benzene rings is 2. The molecule has 1 heterocycles. The number of anilines is 1. The van der Waals surface area contributed by atoms with Gasteiger partial charge in [-0.2, -0.15) is 0 Å². The van der Waals surface area contributed by atoms with E-state index in [9.17, 15) is 9.18 Å². The van der Waals surface area contributed by atoms with Gasteiger partial charge in [0.25, 0.3) is 0 Å². The zero-order valence-corrected chi connectivity index (χ0v) is 15.7. The largest absolute Gasteiger partial charge is 0.323 e. The molecule has 1 amide bonds. The van der Waals surface area contributed by atoms with E-state index in [1.54, 1.807) is 0 Å². The maximum absolute atomic E-state index is 13.7. The minimum atomic E-state index is -0.573. The van der Waals surface area contributed by atoms with Crippen molar-refractivity contribution in [3.8, 4) is 11.4 Å². The monoisotopic (exact) mass is 390 g/mol. The van der Waals surface area contributed by atoms with Crippen LogP contribution in [0.3, 0.4) is 0 Å². The van der Waals surface area contributed by atoms with Crippen molar-refractivity contribution in [3.63, 3.8) is 0 Å². The second kappa shape index (κ2) is 7.88. The SMILES string of the molecule is Cc1ccc(-c2nnc(SCC(=O)Nc3ccc(Cl)cc3F)n2C)cc1. The van der Waals surface area contributed by atoms with Crippen molar-refractivity contribution in [2.45, 2.75) is 12.1 Å². The Morgan fingerprint density at radius 3 is 2.65 bits per heavy atom. The van der Waals surface area contributed by atoms with Gasteiger partial charge in [0.05, 0.1) is 11.4 Å². The summed E-state index contributed by atoms with van der Waals surface area (Å²) < 4.78 is 15.6. The highest BCUT2D eigenvalue weighted by atomic mass is 35.5. The highest BCUT2D eigenvalue weighted by molar-refractivity contribution is 7.99. The summed E-state index contributed by atoms with van der Waals surface area (Å²) in [6.45, 7) is 2.02. The van der Waals surface area contributed by atoms with Gasteiger partial charge in [0.15, 0.2) is 11.0 Å². The number of thioether (sulfide) groups is 1. The average molecular weight is 391 g/mol. The quantitative estimate of drug-likeness (QED) is 0.659. The van der Waals surface area contributed by atoms with Crippen molar-refractivity contribution in [3.05, 3.63) is 58.9 Å². The predicted molar refractivity (Wildman–Crippen MR) is 102 cm³/mol. The van der Waals surface area contributed by atoms with E-state index in [4.69, 9.17) is 11.6 Å². The molecule has 0 saturated carbocycles. The van der Waals surface area contributed by atoms with E-state index < -0.39 is 5.82 Å². The third kappa shape index (κ3) is 4.23. The summed E-state index contributed by atoms with van der Waals surface area (Å²) in [7, 11) is 1.84. The van der Waals surface area contributed by atoms with Gasteiger partial charge < -0.3 is 9.88 Å². The van der Waals surface area contributed by atoms with Gasteiger partial charge >= 0.3 is 0 Å². The standard InChI is InChI=1S/C18H16ClFN4OS/c1-11-3-5-12(6-4-11)17-22-23-18(24(17)2)26-10-16(25)21-15-8-7-13(19)9-14(15)20/h3-9H,10H2,1-2H3,(H,21,25). The van der Waals surface area contributed by atoms with Crippen LogP contribution < -0.4 is 5.32 Å². The van der Waals surface area contributed by atoms with Crippen LogP contribution in [0.25, 0.3) is 11.4 Å². The molecule has 1 aromatic heterocycles. The lowest BCUT2D eigenvalue weighted by Crippen LogP contribution is -2.15. The number of aromatic nitrogens is 3. The molecule has 0 aliphatic rings. The van der Waals surface area contributed by atoms with Crippen molar-refractivity contribution >= 4 is 35.0 Å². The smallest absolute Gasteiger partial charge is 0.234 e. The lowest BCUT2D eigenvalue weighted by molar-refractivity contribution is -0.113. The minimum absolute atomic E-state index is 0.0853. The Morgan fingerprint density at radius 2 is 1.96 bits per heavy atom. The molecule has 0 spiro atoms. The van der Waals surface area contributed by atoms with Gasteiger partial charge in [-0.25, -0.2) is 4.39 Å². The van der Waals surface area contributed by atoms with Crippen LogP contribution in [-0.2, 0) is 11.8 Å². The number of carbonyl (C=O) groups excluding carboxylic acids is 1. The first-order valence-electron chi connectivity index (χ1n) is 7.78. The molecule has 3 rings (SSSR count). The van der Waals surface area contributed by atoms with Crippen LogP contribution >= 0.6 is 23.4 Å². The van der Waals surface area contributed by atoms with E-state index in [-0.39, 0.29) is 22.4 Å². The highest BCUT2D eigenvalue weighted by Crippen LogP contribution is 2.24. The Hall–Kier alpha value is -2.38. The van der Waals surface area contributed by atoms with E-state index in [2.05, 4.69) is 15.5 Å². The molecule has 0 saturated heterocycles. The minimum Gasteiger partial charge on any atom is -0.323 e. The van der Waals surface area contributed by atoms with Crippen LogP contribution in [0.2, 0.25) is 5.02 Å². The third-order valence-corrected chi connectivity index (χ3v) is 4.94. The van der Waals surface area contributed by atoms with Gasteiger partial charge in [-0.05, 0) is 25.1 Å². The summed E-state index contributed by atoms with van der Waals surface area (Å²) in [5.74, 6) is -0.106. The number of hydrogen-bond donors (Lipinski definition) is 1. The van der Waals surface area contributed by atoms with Crippen LogP contribution in [0, 0.1) is 12.7 Å². The van der Waals surface area contributed by atoms with Crippen LogP contribution in [0.15, 0.2) is 47.6 Å². The number of halogens is 2. The number of nitrogens with one attached hydrogen (secondary N) is 1. The number of nitrogens with zero attached hydrogens (tertiary/aromatic N) is 3.